The Labute approximate surface area is 126 Å². The smallest absolute Gasteiger partial charge is 0.208 e. The van der Waals surface area contributed by atoms with E-state index in [0.717, 1.165) is 32.5 Å². The Balaban J connectivity index is 1.46. The normalized spacial score (nSPS) is 21.8. The molecule has 1 saturated carbocycles. The fraction of sp³-hybridized carbons (Fsp3) is 0.786. The second kappa shape index (κ2) is 6.06. The third-order valence-electron chi connectivity index (χ3n) is 4.40. The number of nitrogens with zero attached hydrogens (tertiary/aromatic N) is 3. The average molecular weight is 312 g/mol. The summed E-state index contributed by atoms with van der Waals surface area (Å²) >= 11 is 0. The number of hydrogen-bond acceptors (Lipinski definition) is 4. The molecule has 1 aromatic heterocycles. The highest BCUT2D eigenvalue weighted by Crippen LogP contribution is 2.35. The zero-order valence-corrected chi connectivity index (χ0v) is 13.3. The van der Waals surface area contributed by atoms with Gasteiger partial charge in [-0.1, -0.05) is 0 Å². The van der Waals surface area contributed by atoms with Crippen LogP contribution in [0.3, 0.4) is 0 Å². The first-order valence-electron chi connectivity index (χ1n) is 7.70. The van der Waals surface area contributed by atoms with Crippen molar-refractivity contribution in [2.75, 3.05) is 25.9 Å². The van der Waals surface area contributed by atoms with Crippen LogP contribution in [0.5, 0.6) is 0 Å². The van der Waals surface area contributed by atoms with Gasteiger partial charge in [0.05, 0.1) is 12.8 Å². The van der Waals surface area contributed by atoms with Crippen molar-refractivity contribution >= 4 is 10.0 Å². The number of nitrogens with one attached hydrogen (secondary N) is 1. The summed E-state index contributed by atoms with van der Waals surface area (Å²) in [6.07, 6.45) is 9.87. The maximum Gasteiger partial charge on any atom is 0.208 e. The van der Waals surface area contributed by atoms with Gasteiger partial charge in [-0.05, 0) is 44.7 Å². The van der Waals surface area contributed by atoms with Crippen molar-refractivity contribution in [2.45, 2.75) is 38.3 Å². The Bertz CT molecular complexity index is 572. The first-order chi connectivity index (χ1) is 10.0. The minimum absolute atomic E-state index is 0.458. The van der Waals surface area contributed by atoms with Crippen LogP contribution in [0.15, 0.2) is 12.4 Å². The van der Waals surface area contributed by atoms with E-state index in [-0.39, 0.29) is 0 Å². The maximum atomic E-state index is 11.1. The molecule has 1 aliphatic heterocycles. The van der Waals surface area contributed by atoms with Crippen molar-refractivity contribution in [1.29, 1.82) is 0 Å². The first-order valence-corrected chi connectivity index (χ1v) is 9.59. The summed E-state index contributed by atoms with van der Waals surface area (Å²) < 4.78 is 27.2. The van der Waals surface area contributed by atoms with Gasteiger partial charge in [0, 0.05) is 25.0 Å². The van der Waals surface area contributed by atoms with Crippen molar-refractivity contribution in [3.05, 3.63) is 18.2 Å². The lowest BCUT2D eigenvalue weighted by Crippen LogP contribution is -2.38. The molecule has 3 rings (SSSR count). The number of hydrogen-bond donors (Lipinski definition) is 1. The number of piperidine rings is 1. The van der Waals surface area contributed by atoms with Gasteiger partial charge in [-0.25, -0.2) is 18.1 Å². The van der Waals surface area contributed by atoms with Gasteiger partial charge < -0.3 is 4.57 Å². The quantitative estimate of drug-likeness (QED) is 0.850. The van der Waals surface area contributed by atoms with E-state index >= 15 is 0 Å². The molecule has 0 aromatic carbocycles. The topological polar surface area (TPSA) is 67.2 Å². The van der Waals surface area contributed by atoms with Crippen LogP contribution < -0.4 is 4.72 Å². The summed E-state index contributed by atoms with van der Waals surface area (Å²) in [6, 6.07) is 0.680. The van der Waals surface area contributed by atoms with Crippen LogP contribution in [0.4, 0.5) is 0 Å². The molecule has 21 heavy (non-hydrogen) atoms. The fourth-order valence-electron chi connectivity index (χ4n) is 2.97. The van der Waals surface area contributed by atoms with Gasteiger partial charge in [-0.3, -0.25) is 4.90 Å². The maximum absolute atomic E-state index is 11.1. The lowest BCUT2D eigenvalue weighted by Gasteiger charge is -2.31. The molecular formula is C14H24N4O2S. The number of sulfonamides is 1. The molecule has 6 nitrogen and oxygen atoms in total. The average Bonchev–Trinajstić information content (AvgIpc) is 3.18. The molecular weight excluding hydrogens is 288 g/mol. The highest BCUT2D eigenvalue weighted by atomic mass is 32.2. The number of aromatic nitrogens is 2. The molecule has 0 bridgehead atoms. The van der Waals surface area contributed by atoms with Gasteiger partial charge >= 0.3 is 0 Å². The van der Waals surface area contributed by atoms with Crippen LogP contribution in [0, 0.1) is 5.92 Å². The van der Waals surface area contributed by atoms with Gasteiger partial charge in [0.25, 0.3) is 0 Å². The minimum atomic E-state index is -3.06. The SMILES string of the molecule is CS(=O)(=O)NCC1CCN(Cc2nccn2C2CC2)CC1. The number of imidazole rings is 1. The molecule has 0 atom stereocenters. The lowest BCUT2D eigenvalue weighted by atomic mass is 9.97. The van der Waals surface area contributed by atoms with E-state index in [0.29, 0.717) is 18.5 Å². The molecule has 1 saturated heterocycles. The molecule has 0 amide bonds. The van der Waals surface area contributed by atoms with E-state index in [1.165, 1.54) is 24.9 Å². The molecule has 118 valence electrons. The molecule has 2 fully saturated rings. The highest BCUT2D eigenvalue weighted by molar-refractivity contribution is 7.88. The van der Waals surface area contributed by atoms with Crippen molar-refractivity contribution < 1.29 is 8.42 Å². The largest absolute Gasteiger partial charge is 0.331 e. The first kappa shape index (κ1) is 15.0. The Morgan fingerprint density at radius 3 is 2.62 bits per heavy atom. The molecule has 0 radical (unpaired) electrons. The van der Waals surface area contributed by atoms with E-state index in [4.69, 9.17) is 0 Å². The van der Waals surface area contributed by atoms with Crippen LogP contribution >= 0.6 is 0 Å². The molecule has 0 spiro atoms. The molecule has 2 aliphatic rings. The van der Waals surface area contributed by atoms with Crippen molar-refractivity contribution in [2.24, 2.45) is 5.92 Å². The summed E-state index contributed by atoms with van der Waals surface area (Å²) in [5.74, 6) is 1.63. The molecule has 7 heteroatoms. The third-order valence-corrected chi connectivity index (χ3v) is 5.09. The van der Waals surface area contributed by atoms with Crippen LogP contribution in [0.25, 0.3) is 0 Å². The Morgan fingerprint density at radius 1 is 1.29 bits per heavy atom. The Kier molecular flexibility index (Phi) is 4.33. The minimum Gasteiger partial charge on any atom is -0.331 e. The zero-order valence-electron chi connectivity index (χ0n) is 12.5. The second-order valence-electron chi connectivity index (χ2n) is 6.32. The lowest BCUT2D eigenvalue weighted by molar-refractivity contribution is 0.173. The Hall–Kier alpha value is -0.920. The highest BCUT2D eigenvalue weighted by Gasteiger charge is 2.27. The number of rotatable bonds is 6. The van der Waals surface area contributed by atoms with Crippen LogP contribution in [-0.2, 0) is 16.6 Å². The second-order valence-corrected chi connectivity index (χ2v) is 8.16. The Morgan fingerprint density at radius 2 is 2.00 bits per heavy atom. The van der Waals surface area contributed by atoms with Crippen molar-refractivity contribution in [1.82, 2.24) is 19.2 Å². The van der Waals surface area contributed by atoms with Gasteiger partial charge in [-0.15, -0.1) is 0 Å². The van der Waals surface area contributed by atoms with Gasteiger partial charge in [0.15, 0.2) is 0 Å². The van der Waals surface area contributed by atoms with E-state index in [1.807, 2.05) is 6.20 Å². The summed E-state index contributed by atoms with van der Waals surface area (Å²) in [5, 5.41) is 0. The molecule has 1 aromatic rings. The van der Waals surface area contributed by atoms with E-state index < -0.39 is 10.0 Å². The van der Waals surface area contributed by atoms with Gasteiger partial charge in [0.2, 0.25) is 10.0 Å². The third kappa shape index (κ3) is 4.28. The summed E-state index contributed by atoms with van der Waals surface area (Å²) in [7, 11) is -3.06. The van der Waals surface area contributed by atoms with E-state index in [1.54, 1.807) is 0 Å². The van der Waals surface area contributed by atoms with E-state index in [2.05, 4.69) is 25.4 Å². The summed E-state index contributed by atoms with van der Waals surface area (Å²) in [6.45, 7) is 3.53. The van der Waals surface area contributed by atoms with Crippen LogP contribution in [-0.4, -0.2) is 48.8 Å². The predicted molar refractivity (Wildman–Crippen MR) is 81.3 cm³/mol. The summed E-state index contributed by atoms with van der Waals surface area (Å²) in [4.78, 5) is 6.92. The molecule has 1 N–H and O–H groups in total. The standard InChI is InChI=1S/C14H24N4O2S/c1-21(19,20)16-10-12-4-7-17(8-5-12)11-14-15-6-9-18(14)13-2-3-13/h6,9,12-13,16H,2-5,7-8,10-11H2,1H3. The fourth-order valence-corrected chi connectivity index (χ4v) is 3.51. The van der Waals surface area contributed by atoms with Crippen LogP contribution in [0.2, 0.25) is 0 Å². The molecule has 2 heterocycles. The van der Waals surface area contributed by atoms with Crippen molar-refractivity contribution in [3.8, 4) is 0 Å². The van der Waals surface area contributed by atoms with Gasteiger partial charge in [-0.2, -0.15) is 0 Å². The van der Waals surface area contributed by atoms with E-state index in [9.17, 15) is 8.42 Å². The molecule has 1 aliphatic carbocycles. The van der Waals surface area contributed by atoms with Crippen molar-refractivity contribution in [3.63, 3.8) is 0 Å². The number of likely N-dealkylation sites (tertiary alicyclic amines) is 1. The summed E-state index contributed by atoms with van der Waals surface area (Å²) in [5.41, 5.74) is 0. The molecule has 0 unspecified atom stereocenters. The van der Waals surface area contributed by atoms with Crippen LogP contribution in [0.1, 0.15) is 37.5 Å². The monoisotopic (exact) mass is 312 g/mol. The predicted octanol–water partition coefficient (Wildman–Crippen LogP) is 0.979. The van der Waals surface area contributed by atoms with Gasteiger partial charge in [0.1, 0.15) is 5.82 Å². The zero-order chi connectivity index (χ0) is 14.9.